The van der Waals surface area contributed by atoms with E-state index in [-0.39, 0.29) is 22.1 Å². The van der Waals surface area contributed by atoms with E-state index < -0.39 is 10.0 Å². The molecule has 0 aliphatic rings. The standard InChI is InChI=1S/C25H29N3O4S/c1-3-4-15-27-22-16-20(25(29)28(2)18-19-11-7-5-8-12-19)17-23(33(26,30)31)24(22)32-21-13-9-6-10-14-21/h5-14,16-17,27H,3-4,15,18H2,1-2H3,(H2,26,30,31). The van der Waals surface area contributed by atoms with Gasteiger partial charge in [-0.25, -0.2) is 13.6 Å². The molecule has 33 heavy (non-hydrogen) atoms. The summed E-state index contributed by atoms with van der Waals surface area (Å²) in [6.45, 7) is 3.02. The first-order valence-corrected chi connectivity index (χ1v) is 12.3. The number of nitrogens with one attached hydrogen (secondary N) is 1. The summed E-state index contributed by atoms with van der Waals surface area (Å²) in [6.07, 6.45) is 1.81. The largest absolute Gasteiger partial charge is 0.454 e. The van der Waals surface area contributed by atoms with Crippen molar-refractivity contribution >= 4 is 21.6 Å². The van der Waals surface area contributed by atoms with Crippen LogP contribution in [0, 0.1) is 0 Å². The number of rotatable bonds is 10. The minimum absolute atomic E-state index is 0.0714. The Hall–Kier alpha value is -3.36. The molecule has 0 radical (unpaired) electrons. The van der Waals surface area contributed by atoms with Gasteiger partial charge in [-0.1, -0.05) is 61.9 Å². The van der Waals surface area contributed by atoms with E-state index in [4.69, 9.17) is 9.88 Å². The summed E-state index contributed by atoms with van der Waals surface area (Å²) in [4.78, 5) is 14.5. The van der Waals surface area contributed by atoms with E-state index in [1.165, 1.54) is 11.0 Å². The molecule has 0 fully saturated rings. The minimum Gasteiger partial charge on any atom is -0.454 e. The number of primary sulfonamides is 1. The topological polar surface area (TPSA) is 102 Å². The highest BCUT2D eigenvalue weighted by molar-refractivity contribution is 7.89. The summed E-state index contributed by atoms with van der Waals surface area (Å²) in [5, 5.41) is 8.76. The molecule has 3 N–H and O–H groups in total. The zero-order valence-corrected chi connectivity index (χ0v) is 19.6. The number of sulfonamides is 1. The molecule has 3 rings (SSSR count). The van der Waals surface area contributed by atoms with E-state index in [0.717, 1.165) is 18.4 Å². The van der Waals surface area contributed by atoms with Crippen LogP contribution in [0.25, 0.3) is 0 Å². The van der Waals surface area contributed by atoms with Crippen molar-refractivity contribution in [3.8, 4) is 11.5 Å². The van der Waals surface area contributed by atoms with Gasteiger partial charge in [0.15, 0.2) is 5.75 Å². The number of carbonyl (C=O) groups excluding carboxylic acids is 1. The molecular formula is C25H29N3O4S. The molecule has 0 bridgehead atoms. The number of carbonyl (C=O) groups is 1. The molecule has 7 nitrogen and oxygen atoms in total. The Morgan fingerprint density at radius 3 is 2.27 bits per heavy atom. The van der Waals surface area contributed by atoms with Crippen molar-refractivity contribution in [2.45, 2.75) is 31.2 Å². The number of ether oxygens (including phenoxy) is 1. The van der Waals surface area contributed by atoms with Crippen LogP contribution in [0.5, 0.6) is 11.5 Å². The summed E-state index contributed by atoms with van der Waals surface area (Å²) in [6, 6.07) is 21.3. The summed E-state index contributed by atoms with van der Waals surface area (Å²) < 4.78 is 31.0. The normalized spacial score (nSPS) is 11.1. The van der Waals surface area contributed by atoms with Crippen LogP contribution >= 0.6 is 0 Å². The highest BCUT2D eigenvalue weighted by atomic mass is 32.2. The van der Waals surface area contributed by atoms with Crippen LogP contribution in [0.1, 0.15) is 35.7 Å². The lowest BCUT2D eigenvalue weighted by atomic mass is 10.1. The van der Waals surface area contributed by atoms with Gasteiger partial charge in [0.25, 0.3) is 5.91 Å². The Bertz CT molecular complexity index is 1180. The lowest BCUT2D eigenvalue weighted by Gasteiger charge is -2.21. The van der Waals surface area contributed by atoms with Crippen molar-refractivity contribution in [2.75, 3.05) is 18.9 Å². The number of anilines is 1. The number of para-hydroxylation sites is 1. The average Bonchev–Trinajstić information content (AvgIpc) is 2.80. The van der Waals surface area contributed by atoms with Gasteiger partial charge >= 0.3 is 0 Å². The maximum atomic E-state index is 13.2. The van der Waals surface area contributed by atoms with Crippen LogP contribution in [-0.2, 0) is 16.6 Å². The number of hydrogen-bond acceptors (Lipinski definition) is 5. The smallest absolute Gasteiger partial charge is 0.254 e. The van der Waals surface area contributed by atoms with Gasteiger partial charge in [-0.2, -0.15) is 0 Å². The van der Waals surface area contributed by atoms with E-state index in [1.54, 1.807) is 37.4 Å². The molecule has 0 aliphatic carbocycles. The minimum atomic E-state index is -4.18. The van der Waals surface area contributed by atoms with Gasteiger partial charge in [-0.15, -0.1) is 0 Å². The molecule has 3 aromatic rings. The molecule has 1 amide bonds. The van der Waals surface area contributed by atoms with Crippen molar-refractivity contribution in [1.29, 1.82) is 0 Å². The number of amides is 1. The molecule has 0 saturated heterocycles. The van der Waals surface area contributed by atoms with E-state index in [2.05, 4.69) is 12.2 Å². The molecule has 0 unspecified atom stereocenters. The van der Waals surface area contributed by atoms with Gasteiger partial charge in [0.05, 0.1) is 5.69 Å². The van der Waals surface area contributed by atoms with Crippen molar-refractivity contribution in [3.05, 3.63) is 83.9 Å². The fourth-order valence-electron chi connectivity index (χ4n) is 3.33. The van der Waals surface area contributed by atoms with Crippen LogP contribution in [-0.4, -0.2) is 32.8 Å². The summed E-state index contributed by atoms with van der Waals surface area (Å²) in [7, 11) is -2.51. The monoisotopic (exact) mass is 467 g/mol. The second-order valence-corrected chi connectivity index (χ2v) is 9.27. The Morgan fingerprint density at radius 2 is 1.67 bits per heavy atom. The fraction of sp³-hybridized carbons (Fsp3) is 0.240. The van der Waals surface area contributed by atoms with Crippen LogP contribution in [0.15, 0.2) is 77.7 Å². The summed E-state index contributed by atoms with van der Waals surface area (Å²) >= 11 is 0. The fourth-order valence-corrected chi connectivity index (χ4v) is 4.03. The predicted molar refractivity (Wildman–Crippen MR) is 130 cm³/mol. The molecule has 174 valence electrons. The van der Waals surface area contributed by atoms with E-state index in [0.29, 0.717) is 24.5 Å². The summed E-state index contributed by atoms with van der Waals surface area (Å²) in [5.41, 5.74) is 1.57. The van der Waals surface area contributed by atoms with Crippen LogP contribution in [0.3, 0.4) is 0 Å². The molecule has 0 atom stereocenters. The van der Waals surface area contributed by atoms with Crippen LogP contribution in [0.4, 0.5) is 5.69 Å². The zero-order chi connectivity index (χ0) is 23.8. The number of nitrogens with two attached hydrogens (primary N) is 1. The molecule has 8 heteroatoms. The molecular weight excluding hydrogens is 438 g/mol. The first-order chi connectivity index (χ1) is 15.8. The van der Waals surface area contributed by atoms with Crippen LogP contribution < -0.4 is 15.2 Å². The highest BCUT2D eigenvalue weighted by Gasteiger charge is 2.25. The highest BCUT2D eigenvalue weighted by Crippen LogP contribution is 2.37. The zero-order valence-electron chi connectivity index (χ0n) is 18.8. The molecule has 0 heterocycles. The van der Waals surface area contributed by atoms with Crippen molar-refractivity contribution in [3.63, 3.8) is 0 Å². The lowest BCUT2D eigenvalue weighted by molar-refractivity contribution is 0.0785. The van der Waals surface area contributed by atoms with Crippen molar-refractivity contribution in [1.82, 2.24) is 4.90 Å². The van der Waals surface area contributed by atoms with Gasteiger partial charge < -0.3 is 15.0 Å². The van der Waals surface area contributed by atoms with E-state index in [1.807, 2.05) is 36.4 Å². The van der Waals surface area contributed by atoms with Crippen molar-refractivity contribution < 1.29 is 17.9 Å². The van der Waals surface area contributed by atoms with E-state index >= 15 is 0 Å². The number of unbranched alkanes of at least 4 members (excludes halogenated alkanes) is 1. The lowest BCUT2D eigenvalue weighted by Crippen LogP contribution is -2.27. The average molecular weight is 468 g/mol. The first kappa shape index (κ1) is 24.3. The maximum Gasteiger partial charge on any atom is 0.254 e. The molecule has 0 aromatic heterocycles. The Morgan fingerprint density at radius 1 is 1.03 bits per heavy atom. The van der Waals surface area contributed by atoms with Gasteiger partial charge in [-0.3, -0.25) is 4.79 Å². The molecule has 0 aliphatic heterocycles. The molecule has 0 spiro atoms. The Balaban J connectivity index is 2.03. The Kier molecular flexibility index (Phi) is 8.08. The number of hydrogen-bond donors (Lipinski definition) is 2. The SMILES string of the molecule is CCCCNc1cc(C(=O)N(C)Cc2ccccc2)cc(S(N)(=O)=O)c1Oc1ccccc1. The summed E-state index contributed by atoms with van der Waals surface area (Å²) in [5.74, 6) is 0.205. The first-order valence-electron chi connectivity index (χ1n) is 10.8. The predicted octanol–water partition coefficient (Wildman–Crippen LogP) is 4.61. The van der Waals surface area contributed by atoms with Crippen molar-refractivity contribution in [2.24, 2.45) is 5.14 Å². The quantitative estimate of drug-likeness (QED) is 0.424. The second kappa shape index (κ2) is 11.0. The third kappa shape index (κ3) is 6.57. The van der Waals surface area contributed by atoms with Gasteiger partial charge in [-0.05, 0) is 36.2 Å². The number of nitrogens with zero attached hydrogens (tertiary/aromatic N) is 1. The van der Waals surface area contributed by atoms with Gasteiger partial charge in [0.2, 0.25) is 10.0 Å². The molecule has 0 saturated carbocycles. The van der Waals surface area contributed by atoms with Crippen LogP contribution in [0.2, 0.25) is 0 Å². The van der Waals surface area contributed by atoms with E-state index in [9.17, 15) is 13.2 Å². The number of benzene rings is 3. The Labute approximate surface area is 195 Å². The third-order valence-corrected chi connectivity index (χ3v) is 5.94. The van der Waals surface area contributed by atoms with Gasteiger partial charge in [0.1, 0.15) is 10.6 Å². The van der Waals surface area contributed by atoms with Gasteiger partial charge in [0, 0.05) is 25.7 Å². The second-order valence-electron chi connectivity index (χ2n) is 7.74. The maximum absolute atomic E-state index is 13.2. The molecule has 3 aromatic carbocycles. The third-order valence-electron chi connectivity index (χ3n) is 5.03.